The summed E-state index contributed by atoms with van der Waals surface area (Å²) in [5.41, 5.74) is 1.74. The number of benzene rings is 2. The van der Waals surface area contributed by atoms with Crippen molar-refractivity contribution in [2.75, 3.05) is 36.4 Å². The smallest absolute Gasteiger partial charge is 0.319 e. The second-order valence-electron chi connectivity index (χ2n) is 6.48. The molecule has 27 heavy (non-hydrogen) atoms. The molecule has 2 N–H and O–H groups in total. The summed E-state index contributed by atoms with van der Waals surface area (Å²) in [6.07, 6.45) is 0. The van der Waals surface area contributed by atoms with Crippen LogP contribution in [0, 0.1) is 0 Å². The molecule has 3 rings (SSSR count). The van der Waals surface area contributed by atoms with Crippen LogP contribution in [-0.2, 0) is 4.79 Å². The second kappa shape index (κ2) is 8.77. The Morgan fingerprint density at radius 1 is 1.00 bits per heavy atom. The molecule has 2 aromatic carbocycles. The Hall–Kier alpha value is -2.73. The lowest BCUT2D eigenvalue weighted by Crippen LogP contribution is -2.54. The van der Waals surface area contributed by atoms with Gasteiger partial charge >= 0.3 is 6.03 Å². The van der Waals surface area contributed by atoms with E-state index in [9.17, 15) is 9.59 Å². The molecule has 0 spiro atoms. The number of hydrogen-bond acceptors (Lipinski definition) is 3. The van der Waals surface area contributed by atoms with E-state index in [1.54, 1.807) is 36.1 Å². The minimum Gasteiger partial charge on any atom is -0.368 e. The molecule has 7 heteroatoms. The number of halogens is 1. The summed E-state index contributed by atoms with van der Waals surface area (Å²) >= 11 is 5.91. The molecule has 1 fully saturated rings. The highest BCUT2D eigenvalue weighted by atomic mass is 35.5. The minimum absolute atomic E-state index is 0.0797. The molecule has 142 valence electrons. The Morgan fingerprint density at radius 2 is 1.70 bits per heavy atom. The molecule has 0 unspecified atom stereocenters. The predicted molar refractivity (Wildman–Crippen MR) is 108 cm³/mol. The summed E-state index contributed by atoms with van der Waals surface area (Å²) in [4.78, 5) is 28.8. The summed E-state index contributed by atoms with van der Waals surface area (Å²) < 4.78 is 0. The van der Waals surface area contributed by atoms with Gasteiger partial charge in [0.05, 0.1) is 0 Å². The summed E-state index contributed by atoms with van der Waals surface area (Å²) in [7, 11) is 0. The fourth-order valence-electron chi connectivity index (χ4n) is 3.09. The topological polar surface area (TPSA) is 64.7 Å². The average Bonchev–Trinajstić information content (AvgIpc) is 2.68. The third kappa shape index (κ3) is 5.14. The van der Waals surface area contributed by atoms with Crippen LogP contribution >= 0.6 is 11.6 Å². The van der Waals surface area contributed by atoms with Crippen molar-refractivity contribution in [3.8, 4) is 0 Å². The van der Waals surface area contributed by atoms with Gasteiger partial charge in [0.1, 0.15) is 6.04 Å². The van der Waals surface area contributed by atoms with Gasteiger partial charge in [0.25, 0.3) is 0 Å². The quantitative estimate of drug-likeness (QED) is 0.848. The van der Waals surface area contributed by atoms with Gasteiger partial charge in [-0.05, 0) is 37.3 Å². The molecule has 1 aliphatic heterocycles. The Balaban J connectivity index is 1.48. The molecule has 1 atom stereocenters. The van der Waals surface area contributed by atoms with Crippen LogP contribution in [-0.4, -0.2) is 49.1 Å². The zero-order valence-corrected chi connectivity index (χ0v) is 15.9. The number of hydrogen-bond donors (Lipinski definition) is 2. The minimum atomic E-state index is -0.604. The number of carbonyl (C=O) groups excluding carboxylic acids is 2. The number of urea groups is 1. The Bertz CT molecular complexity index is 792. The molecule has 1 heterocycles. The molecule has 3 amide bonds. The highest BCUT2D eigenvalue weighted by Crippen LogP contribution is 2.16. The van der Waals surface area contributed by atoms with Gasteiger partial charge in [0.2, 0.25) is 5.91 Å². The number of nitrogens with zero attached hydrogens (tertiary/aromatic N) is 2. The maximum absolute atomic E-state index is 12.6. The van der Waals surface area contributed by atoms with Crippen molar-refractivity contribution < 1.29 is 9.59 Å². The standard InChI is InChI=1S/C20H23ClN4O2/c1-15(22-20(27)23-17-7-5-6-16(21)14-17)19(26)25-12-10-24(11-13-25)18-8-3-2-4-9-18/h2-9,14-15H,10-13H2,1H3,(H2,22,23,27)/t15-/m0/s1. The number of anilines is 2. The van der Waals surface area contributed by atoms with Crippen molar-refractivity contribution in [2.24, 2.45) is 0 Å². The number of amides is 3. The molecule has 0 aliphatic carbocycles. The van der Waals surface area contributed by atoms with E-state index in [1.165, 1.54) is 0 Å². The first-order chi connectivity index (χ1) is 13.0. The Kier molecular flexibility index (Phi) is 6.19. The zero-order valence-electron chi connectivity index (χ0n) is 15.2. The SMILES string of the molecule is C[C@H](NC(=O)Nc1cccc(Cl)c1)C(=O)N1CCN(c2ccccc2)CC1. The van der Waals surface area contributed by atoms with E-state index in [1.807, 2.05) is 18.2 Å². The lowest BCUT2D eigenvalue weighted by molar-refractivity contribution is -0.133. The van der Waals surface area contributed by atoms with Gasteiger partial charge in [0, 0.05) is 42.6 Å². The molecule has 1 aliphatic rings. The second-order valence-corrected chi connectivity index (χ2v) is 6.91. The van der Waals surface area contributed by atoms with E-state index in [0.717, 1.165) is 18.8 Å². The van der Waals surface area contributed by atoms with Gasteiger partial charge in [-0.3, -0.25) is 4.79 Å². The first-order valence-corrected chi connectivity index (χ1v) is 9.32. The fraction of sp³-hybridized carbons (Fsp3) is 0.300. The third-order valence-corrected chi connectivity index (χ3v) is 4.75. The highest BCUT2D eigenvalue weighted by molar-refractivity contribution is 6.30. The van der Waals surface area contributed by atoms with Crippen LogP contribution in [0.5, 0.6) is 0 Å². The molecular weight excluding hydrogens is 364 g/mol. The molecule has 0 radical (unpaired) electrons. The van der Waals surface area contributed by atoms with Crippen molar-refractivity contribution in [1.82, 2.24) is 10.2 Å². The van der Waals surface area contributed by atoms with E-state index >= 15 is 0 Å². The average molecular weight is 387 g/mol. The van der Waals surface area contributed by atoms with E-state index in [0.29, 0.717) is 23.8 Å². The lowest BCUT2D eigenvalue weighted by atomic mass is 10.2. The van der Waals surface area contributed by atoms with E-state index in [4.69, 9.17) is 11.6 Å². The summed E-state index contributed by atoms with van der Waals surface area (Å²) in [5.74, 6) is -0.0797. The summed E-state index contributed by atoms with van der Waals surface area (Å²) in [5, 5.41) is 5.91. The van der Waals surface area contributed by atoms with Gasteiger partial charge in [-0.2, -0.15) is 0 Å². The van der Waals surface area contributed by atoms with Gasteiger partial charge in [-0.15, -0.1) is 0 Å². The largest absolute Gasteiger partial charge is 0.368 e. The number of carbonyl (C=O) groups is 2. The molecule has 1 saturated heterocycles. The van der Waals surface area contributed by atoms with E-state index in [-0.39, 0.29) is 5.91 Å². The number of piperazine rings is 1. The van der Waals surface area contributed by atoms with Crippen molar-refractivity contribution in [3.05, 3.63) is 59.6 Å². The van der Waals surface area contributed by atoms with Crippen molar-refractivity contribution in [3.63, 3.8) is 0 Å². The first kappa shape index (κ1) is 19.0. The van der Waals surface area contributed by atoms with Crippen LogP contribution in [0.4, 0.5) is 16.2 Å². The maximum Gasteiger partial charge on any atom is 0.319 e. The molecule has 0 saturated carbocycles. The summed E-state index contributed by atoms with van der Waals surface area (Å²) in [6, 6.07) is 16.0. The van der Waals surface area contributed by atoms with E-state index in [2.05, 4.69) is 27.7 Å². The molecule has 6 nitrogen and oxygen atoms in total. The van der Waals surface area contributed by atoms with Gasteiger partial charge in [-0.25, -0.2) is 4.79 Å². The molecule has 0 aromatic heterocycles. The van der Waals surface area contributed by atoms with Crippen LogP contribution in [0.15, 0.2) is 54.6 Å². The first-order valence-electron chi connectivity index (χ1n) is 8.95. The summed E-state index contributed by atoms with van der Waals surface area (Å²) in [6.45, 7) is 4.52. The number of nitrogens with one attached hydrogen (secondary N) is 2. The molecular formula is C20H23ClN4O2. The third-order valence-electron chi connectivity index (χ3n) is 4.51. The number of para-hydroxylation sites is 1. The molecule has 2 aromatic rings. The lowest BCUT2D eigenvalue weighted by Gasteiger charge is -2.37. The van der Waals surface area contributed by atoms with Gasteiger partial charge in [0.15, 0.2) is 0 Å². The maximum atomic E-state index is 12.6. The van der Waals surface area contributed by atoms with Crippen LogP contribution < -0.4 is 15.5 Å². The van der Waals surface area contributed by atoms with Gasteiger partial charge in [-0.1, -0.05) is 35.9 Å². The van der Waals surface area contributed by atoms with Crippen LogP contribution in [0.2, 0.25) is 5.02 Å². The van der Waals surface area contributed by atoms with E-state index < -0.39 is 12.1 Å². The van der Waals surface area contributed by atoms with Crippen molar-refractivity contribution >= 4 is 34.9 Å². The zero-order chi connectivity index (χ0) is 19.2. The van der Waals surface area contributed by atoms with Gasteiger partial charge < -0.3 is 20.4 Å². The van der Waals surface area contributed by atoms with Crippen molar-refractivity contribution in [1.29, 1.82) is 0 Å². The monoisotopic (exact) mass is 386 g/mol. The molecule has 0 bridgehead atoms. The van der Waals surface area contributed by atoms with Crippen LogP contribution in [0.1, 0.15) is 6.92 Å². The number of rotatable bonds is 4. The van der Waals surface area contributed by atoms with Crippen molar-refractivity contribution in [2.45, 2.75) is 13.0 Å². The fourth-order valence-corrected chi connectivity index (χ4v) is 3.28. The predicted octanol–water partition coefficient (Wildman–Crippen LogP) is 3.20. The highest BCUT2D eigenvalue weighted by Gasteiger charge is 2.26. The van der Waals surface area contributed by atoms with Crippen LogP contribution in [0.25, 0.3) is 0 Å². The Morgan fingerprint density at radius 3 is 2.37 bits per heavy atom. The Labute approximate surface area is 164 Å². The normalized spacial score (nSPS) is 15.2. The van der Waals surface area contributed by atoms with Crippen LogP contribution in [0.3, 0.4) is 0 Å².